The normalized spacial score (nSPS) is 34.5. The molecule has 0 radical (unpaired) electrons. The Labute approximate surface area is 119 Å². The molecule has 3 atom stereocenters. The molecule has 0 N–H and O–H groups in total. The summed E-state index contributed by atoms with van der Waals surface area (Å²) in [5.41, 5.74) is 2.06. The minimum Gasteiger partial charge on any atom is -0.303 e. The Morgan fingerprint density at radius 2 is 2.11 bits per heavy atom. The maximum atomic E-state index is 2.58. The van der Waals surface area contributed by atoms with Gasteiger partial charge >= 0.3 is 0 Å². The lowest BCUT2D eigenvalue weighted by Gasteiger charge is -2.53. The molecule has 2 heteroatoms. The van der Waals surface area contributed by atoms with E-state index in [4.69, 9.17) is 0 Å². The average Bonchev–Trinajstić information content (AvgIpc) is 2.77. The summed E-state index contributed by atoms with van der Waals surface area (Å²) in [6.45, 7) is 6.22. The zero-order chi connectivity index (χ0) is 13.2. The predicted octanol–water partition coefficient (Wildman–Crippen LogP) is 4.06. The van der Waals surface area contributed by atoms with Gasteiger partial charge in [0.2, 0.25) is 0 Å². The van der Waals surface area contributed by atoms with Crippen molar-refractivity contribution in [1.29, 1.82) is 0 Å². The van der Waals surface area contributed by atoms with Gasteiger partial charge in [0.25, 0.3) is 0 Å². The summed E-state index contributed by atoms with van der Waals surface area (Å²) >= 11 is 2.03. The lowest BCUT2D eigenvalue weighted by molar-refractivity contribution is 0.0529. The zero-order valence-electron chi connectivity index (χ0n) is 11.9. The molecule has 100 valence electrons. The maximum absolute atomic E-state index is 2.58. The van der Waals surface area contributed by atoms with Crippen LogP contribution in [0, 0.1) is 5.92 Å². The molecule has 1 saturated heterocycles. The smallest absolute Gasteiger partial charge is 0.0348 e. The second-order valence-electron chi connectivity index (χ2n) is 6.60. The highest BCUT2D eigenvalue weighted by atomic mass is 32.1. The Morgan fingerprint density at radius 1 is 1.32 bits per heavy atom. The van der Waals surface area contributed by atoms with E-state index in [0.717, 1.165) is 12.0 Å². The van der Waals surface area contributed by atoms with Crippen molar-refractivity contribution in [3.63, 3.8) is 0 Å². The van der Waals surface area contributed by atoms with Gasteiger partial charge in [0.05, 0.1) is 0 Å². The summed E-state index contributed by atoms with van der Waals surface area (Å²) in [7, 11) is 2.30. The second-order valence-corrected chi connectivity index (χ2v) is 7.74. The van der Waals surface area contributed by atoms with Crippen molar-refractivity contribution in [1.82, 2.24) is 4.90 Å². The topological polar surface area (TPSA) is 3.24 Å². The number of likely N-dealkylation sites (tertiary alicyclic amines) is 1. The standard InChI is InChI=1S/C17H21NS/c1-11-13-10-15-16(17(11,2)8-9-18(13)3)12-6-4-5-7-14(12)19-15/h4-7,11,13H,8-10H2,1-3H3/t11-,13-,17+/m0/s1. The Hall–Kier alpha value is -0.860. The van der Waals surface area contributed by atoms with E-state index >= 15 is 0 Å². The largest absolute Gasteiger partial charge is 0.303 e. The van der Waals surface area contributed by atoms with Gasteiger partial charge in [0.1, 0.15) is 0 Å². The molecule has 0 spiro atoms. The molecule has 2 aromatic rings. The first kappa shape index (κ1) is 11.9. The van der Waals surface area contributed by atoms with E-state index < -0.39 is 0 Å². The first-order valence-corrected chi connectivity index (χ1v) is 8.14. The van der Waals surface area contributed by atoms with Gasteiger partial charge in [-0.1, -0.05) is 32.0 Å². The highest BCUT2D eigenvalue weighted by molar-refractivity contribution is 7.19. The Balaban J connectivity index is 2.01. The summed E-state index contributed by atoms with van der Waals surface area (Å²) < 4.78 is 1.48. The number of nitrogens with zero attached hydrogens (tertiary/aromatic N) is 1. The van der Waals surface area contributed by atoms with Crippen LogP contribution in [0.15, 0.2) is 24.3 Å². The van der Waals surface area contributed by atoms with Crippen LogP contribution in [-0.4, -0.2) is 24.5 Å². The van der Waals surface area contributed by atoms with Crippen molar-refractivity contribution < 1.29 is 0 Å². The summed E-state index contributed by atoms with van der Waals surface area (Å²) in [5.74, 6) is 0.761. The molecule has 1 aliphatic heterocycles. The van der Waals surface area contributed by atoms with Gasteiger partial charge in [-0.25, -0.2) is 0 Å². The molecule has 2 aliphatic rings. The number of likely N-dealkylation sites (N-methyl/N-ethyl adjacent to an activating group) is 1. The number of fused-ring (bicyclic) bond motifs is 6. The summed E-state index contributed by atoms with van der Waals surface area (Å²) in [6.07, 6.45) is 2.55. The highest BCUT2D eigenvalue weighted by Gasteiger charge is 2.48. The van der Waals surface area contributed by atoms with Crippen LogP contribution in [-0.2, 0) is 11.8 Å². The van der Waals surface area contributed by atoms with E-state index in [2.05, 4.69) is 50.1 Å². The van der Waals surface area contributed by atoms with Crippen molar-refractivity contribution in [2.75, 3.05) is 13.6 Å². The number of thiophene rings is 1. The van der Waals surface area contributed by atoms with Crippen molar-refractivity contribution >= 4 is 21.4 Å². The fourth-order valence-corrected chi connectivity index (χ4v) is 5.74. The minimum atomic E-state index is 0.379. The Bertz CT molecular complexity index is 644. The lowest BCUT2D eigenvalue weighted by Crippen LogP contribution is -2.56. The van der Waals surface area contributed by atoms with Gasteiger partial charge in [0.15, 0.2) is 0 Å². The van der Waals surface area contributed by atoms with Crippen LogP contribution >= 0.6 is 11.3 Å². The molecule has 1 aromatic heterocycles. The molecule has 0 amide bonds. The van der Waals surface area contributed by atoms with Gasteiger partial charge < -0.3 is 4.90 Å². The number of piperidine rings is 1. The maximum Gasteiger partial charge on any atom is 0.0348 e. The van der Waals surface area contributed by atoms with Crippen LogP contribution in [0.4, 0.5) is 0 Å². The Kier molecular flexibility index (Phi) is 2.40. The van der Waals surface area contributed by atoms with Crippen LogP contribution in [0.25, 0.3) is 10.1 Å². The third kappa shape index (κ3) is 1.45. The molecule has 0 saturated carbocycles. The molecular weight excluding hydrogens is 250 g/mol. The van der Waals surface area contributed by atoms with Gasteiger partial charge in [-0.3, -0.25) is 0 Å². The van der Waals surface area contributed by atoms with Crippen LogP contribution in [0.1, 0.15) is 30.7 Å². The molecule has 4 rings (SSSR count). The monoisotopic (exact) mass is 271 g/mol. The van der Waals surface area contributed by atoms with E-state index in [1.165, 1.54) is 29.5 Å². The molecule has 1 aromatic carbocycles. The first-order chi connectivity index (χ1) is 9.11. The predicted molar refractivity (Wildman–Crippen MR) is 83.1 cm³/mol. The second kappa shape index (κ2) is 3.83. The molecule has 19 heavy (non-hydrogen) atoms. The van der Waals surface area contributed by atoms with E-state index in [1.807, 2.05) is 11.3 Å². The highest BCUT2D eigenvalue weighted by Crippen LogP contribution is 2.52. The van der Waals surface area contributed by atoms with E-state index in [0.29, 0.717) is 5.41 Å². The van der Waals surface area contributed by atoms with Crippen LogP contribution < -0.4 is 0 Å². The third-order valence-electron chi connectivity index (χ3n) is 5.77. The molecule has 2 heterocycles. The van der Waals surface area contributed by atoms with Gasteiger partial charge in [0, 0.05) is 15.6 Å². The first-order valence-electron chi connectivity index (χ1n) is 7.32. The van der Waals surface area contributed by atoms with Crippen LogP contribution in [0.3, 0.4) is 0 Å². The van der Waals surface area contributed by atoms with Crippen LogP contribution in [0.5, 0.6) is 0 Å². The quantitative estimate of drug-likeness (QED) is 0.698. The molecule has 1 aliphatic carbocycles. The van der Waals surface area contributed by atoms with E-state index in [1.54, 1.807) is 10.4 Å². The molecule has 2 bridgehead atoms. The number of rotatable bonds is 0. The summed E-state index contributed by atoms with van der Waals surface area (Å²) in [5, 5.41) is 1.53. The molecule has 1 fully saturated rings. The summed E-state index contributed by atoms with van der Waals surface area (Å²) in [6, 6.07) is 9.74. The van der Waals surface area contributed by atoms with Gasteiger partial charge in [-0.2, -0.15) is 0 Å². The fourth-order valence-electron chi connectivity index (χ4n) is 4.35. The van der Waals surface area contributed by atoms with Crippen molar-refractivity contribution in [3.8, 4) is 0 Å². The van der Waals surface area contributed by atoms with Crippen molar-refractivity contribution in [2.45, 2.75) is 38.1 Å². The fraction of sp³-hybridized carbons (Fsp3) is 0.529. The van der Waals surface area contributed by atoms with Gasteiger partial charge in [-0.15, -0.1) is 11.3 Å². The molecule has 0 unspecified atom stereocenters. The lowest BCUT2D eigenvalue weighted by atomic mass is 9.60. The Morgan fingerprint density at radius 3 is 2.95 bits per heavy atom. The van der Waals surface area contributed by atoms with E-state index in [-0.39, 0.29) is 0 Å². The third-order valence-corrected chi connectivity index (χ3v) is 6.96. The number of hydrogen-bond donors (Lipinski definition) is 0. The zero-order valence-corrected chi connectivity index (χ0v) is 12.8. The molecule has 1 nitrogen and oxygen atoms in total. The number of hydrogen-bond acceptors (Lipinski definition) is 2. The average molecular weight is 271 g/mol. The number of benzene rings is 1. The van der Waals surface area contributed by atoms with Gasteiger partial charge in [-0.05, 0) is 54.8 Å². The van der Waals surface area contributed by atoms with Crippen molar-refractivity contribution in [3.05, 3.63) is 34.7 Å². The SMILES string of the molecule is C[C@H]1[C@@H]2Cc3sc4ccccc4c3[C@]1(C)CCN2C. The minimum absolute atomic E-state index is 0.379. The van der Waals surface area contributed by atoms with E-state index in [9.17, 15) is 0 Å². The van der Waals surface area contributed by atoms with Crippen molar-refractivity contribution in [2.24, 2.45) is 5.92 Å². The van der Waals surface area contributed by atoms with Crippen LogP contribution in [0.2, 0.25) is 0 Å². The molecular formula is C17H21NS. The summed E-state index contributed by atoms with van der Waals surface area (Å²) in [4.78, 5) is 4.23.